The first kappa shape index (κ1) is 18.2. The van der Waals surface area contributed by atoms with Crippen LogP contribution in [0.15, 0.2) is 24.3 Å². The molecule has 0 radical (unpaired) electrons. The van der Waals surface area contributed by atoms with E-state index in [-0.39, 0.29) is 0 Å². The topological polar surface area (TPSA) is 27.7 Å². The number of rotatable bonds is 8. The minimum Gasteiger partial charge on any atom is -0.493 e. The third-order valence-corrected chi connectivity index (χ3v) is 4.71. The maximum Gasteiger partial charge on any atom is 0.119 e. The summed E-state index contributed by atoms with van der Waals surface area (Å²) in [6, 6.07) is 8.94. The predicted molar refractivity (Wildman–Crippen MR) is 97.1 cm³/mol. The zero-order valence-corrected chi connectivity index (χ0v) is 15.2. The number of likely N-dealkylation sites (N-methyl/N-ethyl adjacent to an activating group) is 1. The average Bonchev–Trinajstić information content (AvgIpc) is 2.54. The van der Waals surface area contributed by atoms with Crippen LogP contribution < -0.4 is 10.1 Å². The maximum atomic E-state index is 5.98. The molecule has 0 spiro atoms. The van der Waals surface area contributed by atoms with Crippen molar-refractivity contribution < 1.29 is 4.74 Å². The first-order chi connectivity index (χ1) is 11.0. The lowest BCUT2D eigenvalue weighted by molar-refractivity contribution is 0.160. The summed E-state index contributed by atoms with van der Waals surface area (Å²) in [5, 5.41) is 3.55. The van der Waals surface area contributed by atoms with Crippen LogP contribution in [-0.4, -0.2) is 63.7 Å². The smallest absolute Gasteiger partial charge is 0.119 e. The molecule has 1 aromatic rings. The molecule has 0 aliphatic carbocycles. The third-order valence-electron chi connectivity index (χ3n) is 4.71. The van der Waals surface area contributed by atoms with Crippen molar-refractivity contribution in [3.63, 3.8) is 0 Å². The van der Waals surface area contributed by atoms with Crippen LogP contribution in [0, 0.1) is 5.92 Å². The van der Waals surface area contributed by atoms with Crippen molar-refractivity contribution in [2.75, 3.05) is 53.9 Å². The molecule has 130 valence electrons. The van der Waals surface area contributed by atoms with Crippen LogP contribution >= 0.6 is 0 Å². The molecule has 0 aromatic heterocycles. The van der Waals surface area contributed by atoms with Gasteiger partial charge in [-0.05, 0) is 77.6 Å². The Hall–Kier alpha value is -1.10. The number of piperidine rings is 1. The Labute approximate surface area is 141 Å². The van der Waals surface area contributed by atoms with Crippen molar-refractivity contribution in [2.24, 2.45) is 5.92 Å². The molecule has 1 fully saturated rings. The van der Waals surface area contributed by atoms with Gasteiger partial charge < -0.3 is 19.9 Å². The highest BCUT2D eigenvalue weighted by atomic mass is 16.5. The summed E-state index contributed by atoms with van der Waals surface area (Å²) < 4.78 is 5.98. The Morgan fingerprint density at radius 2 is 1.87 bits per heavy atom. The Bertz CT molecular complexity index is 438. The SMILES string of the molecule is CC(NCCN(C)C)c1ccc(OCC2CCN(C)CC2)cc1. The molecule has 1 saturated heterocycles. The molecule has 0 bridgehead atoms. The molecule has 1 aromatic carbocycles. The van der Waals surface area contributed by atoms with Crippen molar-refractivity contribution in [2.45, 2.75) is 25.8 Å². The van der Waals surface area contributed by atoms with Crippen LogP contribution in [0.4, 0.5) is 0 Å². The molecule has 1 N–H and O–H groups in total. The maximum absolute atomic E-state index is 5.98. The highest BCUT2D eigenvalue weighted by Crippen LogP contribution is 2.21. The highest BCUT2D eigenvalue weighted by molar-refractivity contribution is 5.29. The fraction of sp³-hybridized carbons (Fsp3) is 0.684. The molecule has 1 aliphatic heterocycles. The van der Waals surface area contributed by atoms with E-state index in [4.69, 9.17) is 4.74 Å². The fourth-order valence-electron chi connectivity index (χ4n) is 2.92. The summed E-state index contributed by atoms with van der Waals surface area (Å²) in [6.45, 7) is 7.52. The van der Waals surface area contributed by atoms with Gasteiger partial charge in [-0.2, -0.15) is 0 Å². The Kier molecular flexibility index (Phi) is 7.34. The zero-order chi connectivity index (χ0) is 16.7. The van der Waals surface area contributed by atoms with Gasteiger partial charge in [0.15, 0.2) is 0 Å². The minimum absolute atomic E-state index is 0.373. The first-order valence-corrected chi connectivity index (χ1v) is 8.84. The van der Waals surface area contributed by atoms with E-state index in [9.17, 15) is 0 Å². The molecule has 1 aliphatic rings. The van der Waals surface area contributed by atoms with E-state index in [1.54, 1.807) is 0 Å². The molecule has 0 amide bonds. The summed E-state index contributed by atoms with van der Waals surface area (Å²) in [5.74, 6) is 1.70. The first-order valence-electron chi connectivity index (χ1n) is 8.84. The van der Waals surface area contributed by atoms with Gasteiger partial charge in [0, 0.05) is 19.1 Å². The van der Waals surface area contributed by atoms with Crippen molar-refractivity contribution in [3.05, 3.63) is 29.8 Å². The number of nitrogens with one attached hydrogen (secondary N) is 1. The van der Waals surface area contributed by atoms with Crippen LogP contribution in [0.2, 0.25) is 0 Å². The number of hydrogen-bond donors (Lipinski definition) is 1. The second-order valence-electron chi connectivity index (χ2n) is 7.11. The van der Waals surface area contributed by atoms with E-state index in [1.165, 1.54) is 31.5 Å². The van der Waals surface area contributed by atoms with Gasteiger partial charge in [0.1, 0.15) is 5.75 Å². The summed E-state index contributed by atoms with van der Waals surface area (Å²) >= 11 is 0. The lowest BCUT2D eigenvalue weighted by Crippen LogP contribution is -2.32. The molecule has 4 nitrogen and oxygen atoms in total. The Morgan fingerprint density at radius 1 is 1.22 bits per heavy atom. The fourth-order valence-corrected chi connectivity index (χ4v) is 2.92. The number of benzene rings is 1. The zero-order valence-electron chi connectivity index (χ0n) is 15.2. The molecular formula is C19H33N3O. The van der Waals surface area contributed by atoms with Crippen LogP contribution in [0.5, 0.6) is 5.75 Å². The third kappa shape index (κ3) is 6.50. The van der Waals surface area contributed by atoms with Gasteiger partial charge in [-0.1, -0.05) is 12.1 Å². The average molecular weight is 319 g/mol. The number of ether oxygens (including phenoxy) is 1. The predicted octanol–water partition coefficient (Wildman–Crippen LogP) is 2.62. The molecular weight excluding hydrogens is 286 g/mol. The second kappa shape index (κ2) is 9.26. The van der Waals surface area contributed by atoms with E-state index in [0.29, 0.717) is 12.0 Å². The second-order valence-corrected chi connectivity index (χ2v) is 7.11. The van der Waals surface area contributed by atoms with Gasteiger partial charge in [0.2, 0.25) is 0 Å². The molecule has 23 heavy (non-hydrogen) atoms. The van der Waals surface area contributed by atoms with Gasteiger partial charge in [-0.15, -0.1) is 0 Å². The summed E-state index contributed by atoms with van der Waals surface area (Å²) in [4.78, 5) is 4.59. The van der Waals surface area contributed by atoms with E-state index in [0.717, 1.165) is 25.4 Å². The van der Waals surface area contributed by atoms with Crippen molar-refractivity contribution in [3.8, 4) is 5.75 Å². The number of nitrogens with zero attached hydrogens (tertiary/aromatic N) is 2. The van der Waals surface area contributed by atoms with Gasteiger partial charge in [0.25, 0.3) is 0 Å². The normalized spacial score (nSPS) is 18.3. The Balaban J connectivity index is 1.73. The van der Waals surface area contributed by atoms with Crippen molar-refractivity contribution in [1.82, 2.24) is 15.1 Å². The summed E-state index contributed by atoms with van der Waals surface area (Å²) in [7, 11) is 6.40. The number of hydrogen-bond acceptors (Lipinski definition) is 4. The summed E-state index contributed by atoms with van der Waals surface area (Å²) in [5.41, 5.74) is 1.32. The Morgan fingerprint density at radius 3 is 2.48 bits per heavy atom. The van der Waals surface area contributed by atoms with Crippen LogP contribution in [0.25, 0.3) is 0 Å². The van der Waals surface area contributed by atoms with Crippen LogP contribution in [0.1, 0.15) is 31.4 Å². The molecule has 4 heteroatoms. The summed E-state index contributed by atoms with van der Waals surface area (Å²) in [6.07, 6.45) is 2.50. The van der Waals surface area contributed by atoms with E-state index in [1.807, 2.05) is 0 Å². The van der Waals surface area contributed by atoms with Crippen LogP contribution in [-0.2, 0) is 0 Å². The quantitative estimate of drug-likeness (QED) is 0.797. The monoisotopic (exact) mass is 319 g/mol. The largest absolute Gasteiger partial charge is 0.493 e. The van der Waals surface area contributed by atoms with Crippen molar-refractivity contribution in [1.29, 1.82) is 0 Å². The molecule has 1 unspecified atom stereocenters. The highest BCUT2D eigenvalue weighted by Gasteiger charge is 2.17. The van der Waals surface area contributed by atoms with E-state index >= 15 is 0 Å². The van der Waals surface area contributed by atoms with Crippen molar-refractivity contribution >= 4 is 0 Å². The molecule has 0 saturated carbocycles. The lowest BCUT2D eigenvalue weighted by Gasteiger charge is -2.28. The molecule has 2 rings (SSSR count). The minimum atomic E-state index is 0.373. The molecule has 1 atom stereocenters. The molecule has 1 heterocycles. The van der Waals surface area contributed by atoms with Crippen LogP contribution in [0.3, 0.4) is 0 Å². The van der Waals surface area contributed by atoms with Gasteiger partial charge in [-0.25, -0.2) is 0 Å². The standard InChI is InChI=1S/C19H33N3O/c1-16(20-11-14-21(2)3)18-5-7-19(8-6-18)23-15-17-9-12-22(4)13-10-17/h5-8,16-17,20H,9-15H2,1-4H3. The lowest BCUT2D eigenvalue weighted by atomic mass is 9.98. The van der Waals surface area contributed by atoms with E-state index < -0.39 is 0 Å². The van der Waals surface area contributed by atoms with Gasteiger partial charge in [-0.3, -0.25) is 0 Å². The number of likely N-dealkylation sites (tertiary alicyclic amines) is 1. The van der Waals surface area contributed by atoms with Gasteiger partial charge in [0.05, 0.1) is 6.61 Å². The van der Waals surface area contributed by atoms with E-state index in [2.05, 4.69) is 67.4 Å². The van der Waals surface area contributed by atoms with Gasteiger partial charge >= 0.3 is 0 Å².